The number of carbonyl (C=O) groups excluding carboxylic acids is 1. The monoisotopic (exact) mass is 366 g/mol. The molecule has 1 N–H and O–H groups in total. The Bertz CT molecular complexity index is 851. The minimum Gasteiger partial charge on any atom is -0.461 e. The Kier molecular flexibility index (Phi) is 5.94. The Morgan fingerprint density at radius 3 is 2.50 bits per heavy atom. The fraction of sp³-hybridized carbons (Fsp3) is 0.125. The topological polar surface area (TPSA) is 84.8 Å². The molecule has 0 saturated carbocycles. The summed E-state index contributed by atoms with van der Waals surface area (Å²) in [6.07, 6.45) is 0. The summed E-state index contributed by atoms with van der Waals surface area (Å²) in [5.41, 5.74) is 2.96. The predicted octanol–water partition coefficient (Wildman–Crippen LogP) is 3.10. The van der Waals surface area contributed by atoms with Gasteiger partial charge in [0.25, 0.3) is 5.04 Å². The number of nitrogens with one attached hydrogen (secondary N) is 1. The molecule has 0 amide bonds. The number of esters is 1. The van der Waals surface area contributed by atoms with Crippen LogP contribution in [0.4, 0.5) is 5.69 Å². The van der Waals surface area contributed by atoms with Gasteiger partial charge >= 0.3 is 5.97 Å². The van der Waals surface area contributed by atoms with Crippen molar-refractivity contribution in [2.45, 2.75) is 11.8 Å². The number of nitrogens with zero attached hydrogens (tertiary/aromatic N) is 1. The SMILES string of the molecule is CCOC(=O)/C(=N/Nc1cccc(Cl)c1)S(=O)(=O)c1ccccc1. The van der Waals surface area contributed by atoms with E-state index in [-0.39, 0.29) is 11.5 Å². The van der Waals surface area contributed by atoms with Crippen LogP contribution in [0.2, 0.25) is 5.02 Å². The smallest absolute Gasteiger partial charge is 0.371 e. The van der Waals surface area contributed by atoms with Gasteiger partial charge in [-0.05, 0) is 37.3 Å². The number of hydrogen-bond donors (Lipinski definition) is 1. The molecular weight excluding hydrogens is 352 g/mol. The molecule has 2 rings (SSSR count). The van der Waals surface area contributed by atoms with Crippen LogP contribution in [0.1, 0.15) is 6.92 Å². The molecule has 24 heavy (non-hydrogen) atoms. The van der Waals surface area contributed by atoms with Crippen LogP contribution < -0.4 is 5.43 Å². The van der Waals surface area contributed by atoms with Gasteiger partial charge in [0.2, 0.25) is 9.84 Å². The lowest BCUT2D eigenvalue weighted by Crippen LogP contribution is -2.28. The summed E-state index contributed by atoms with van der Waals surface area (Å²) in [4.78, 5) is 12.0. The summed E-state index contributed by atoms with van der Waals surface area (Å²) in [6, 6.07) is 14.0. The van der Waals surface area contributed by atoms with Crippen molar-refractivity contribution >= 4 is 38.1 Å². The summed E-state index contributed by atoms with van der Waals surface area (Å²) >= 11 is 5.86. The molecule has 0 saturated heterocycles. The molecule has 0 aromatic heterocycles. The van der Waals surface area contributed by atoms with Gasteiger partial charge in [0.05, 0.1) is 17.2 Å². The van der Waals surface area contributed by atoms with Gasteiger partial charge in [0.1, 0.15) is 0 Å². The zero-order chi connectivity index (χ0) is 17.6. The van der Waals surface area contributed by atoms with E-state index in [0.29, 0.717) is 10.7 Å². The number of ether oxygens (including phenoxy) is 1. The second kappa shape index (κ2) is 7.94. The first-order valence-corrected chi connectivity index (χ1v) is 8.87. The van der Waals surface area contributed by atoms with Crippen molar-refractivity contribution in [2.24, 2.45) is 5.10 Å². The molecule has 0 heterocycles. The van der Waals surface area contributed by atoms with E-state index < -0.39 is 20.9 Å². The number of rotatable bonds is 4. The van der Waals surface area contributed by atoms with Crippen LogP contribution in [0.5, 0.6) is 0 Å². The number of halogens is 1. The number of hydrogen-bond acceptors (Lipinski definition) is 6. The zero-order valence-electron chi connectivity index (χ0n) is 12.8. The molecule has 0 radical (unpaired) electrons. The largest absolute Gasteiger partial charge is 0.461 e. The predicted molar refractivity (Wildman–Crippen MR) is 92.8 cm³/mol. The van der Waals surface area contributed by atoms with Crippen molar-refractivity contribution in [1.29, 1.82) is 0 Å². The maximum absolute atomic E-state index is 12.6. The number of hydrazone groups is 1. The van der Waals surface area contributed by atoms with E-state index in [1.54, 1.807) is 49.4 Å². The first-order valence-electron chi connectivity index (χ1n) is 7.01. The van der Waals surface area contributed by atoms with E-state index in [4.69, 9.17) is 16.3 Å². The number of carbonyl (C=O) groups is 1. The molecule has 8 heteroatoms. The number of sulfone groups is 1. The molecule has 0 bridgehead atoms. The zero-order valence-corrected chi connectivity index (χ0v) is 14.3. The van der Waals surface area contributed by atoms with Gasteiger partial charge in [-0.2, -0.15) is 5.10 Å². The first-order chi connectivity index (χ1) is 11.4. The van der Waals surface area contributed by atoms with Gasteiger partial charge in [0.15, 0.2) is 0 Å². The van der Waals surface area contributed by atoms with Gasteiger partial charge in [-0.3, -0.25) is 5.43 Å². The van der Waals surface area contributed by atoms with Crippen LogP contribution in [-0.4, -0.2) is 26.0 Å². The normalized spacial score (nSPS) is 11.8. The molecule has 2 aromatic rings. The average molecular weight is 367 g/mol. The van der Waals surface area contributed by atoms with Crippen molar-refractivity contribution in [3.8, 4) is 0 Å². The molecular formula is C16H15ClN2O4S. The minimum atomic E-state index is -4.12. The fourth-order valence-corrected chi connectivity index (χ4v) is 3.17. The van der Waals surface area contributed by atoms with Gasteiger partial charge in [-0.25, -0.2) is 13.2 Å². The second-order valence-corrected chi connectivity index (χ2v) is 6.88. The summed E-state index contributed by atoms with van der Waals surface area (Å²) < 4.78 is 30.1. The van der Waals surface area contributed by atoms with E-state index in [1.165, 1.54) is 12.1 Å². The summed E-state index contributed by atoms with van der Waals surface area (Å²) in [5.74, 6) is -1.03. The Labute approximate surface area is 145 Å². The highest BCUT2D eigenvalue weighted by atomic mass is 35.5. The molecule has 126 valence electrons. The lowest BCUT2D eigenvalue weighted by atomic mass is 10.3. The summed E-state index contributed by atoms with van der Waals surface area (Å²) in [5, 5.41) is 3.46. The van der Waals surface area contributed by atoms with Crippen molar-refractivity contribution in [2.75, 3.05) is 12.0 Å². The molecule has 0 aliphatic heterocycles. The Hall–Kier alpha value is -2.38. The number of benzene rings is 2. The lowest BCUT2D eigenvalue weighted by molar-refractivity contribution is -0.134. The molecule has 0 aliphatic carbocycles. The van der Waals surface area contributed by atoms with E-state index in [9.17, 15) is 13.2 Å². The Balaban J connectivity index is 2.41. The molecule has 0 fully saturated rings. The van der Waals surface area contributed by atoms with Crippen molar-refractivity contribution in [1.82, 2.24) is 0 Å². The Morgan fingerprint density at radius 2 is 1.88 bits per heavy atom. The maximum Gasteiger partial charge on any atom is 0.371 e. The molecule has 0 atom stereocenters. The van der Waals surface area contributed by atoms with E-state index in [1.807, 2.05) is 0 Å². The third kappa shape index (κ3) is 4.33. The number of anilines is 1. The van der Waals surface area contributed by atoms with Gasteiger partial charge in [0, 0.05) is 5.02 Å². The van der Waals surface area contributed by atoms with Crippen LogP contribution in [-0.2, 0) is 19.4 Å². The van der Waals surface area contributed by atoms with Gasteiger partial charge < -0.3 is 4.74 Å². The van der Waals surface area contributed by atoms with Crippen LogP contribution in [0.25, 0.3) is 0 Å². The Morgan fingerprint density at radius 1 is 1.17 bits per heavy atom. The highest BCUT2D eigenvalue weighted by Crippen LogP contribution is 2.17. The minimum absolute atomic E-state index is 0.0271. The average Bonchev–Trinajstić information content (AvgIpc) is 2.56. The third-order valence-electron chi connectivity index (χ3n) is 2.87. The van der Waals surface area contributed by atoms with Crippen LogP contribution in [0.15, 0.2) is 64.6 Å². The van der Waals surface area contributed by atoms with Crippen LogP contribution in [0, 0.1) is 0 Å². The second-order valence-electron chi connectivity index (χ2n) is 4.58. The van der Waals surface area contributed by atoms with Crippen molar-refractivity contribution in [3.05, 3.63) is 59.6 Å². The molecule has 0 aliphatic rings. The van der Waals surface area contributed by atoms with Crippen molar-refractivity contribution < 1.29 is 17.9 Å². The first kappa shape index (κ1) is 18.0. The fourth-order valence-electron chi connectivity index (χ4n) is 1.79. The van der Waals surface area contributed by atoms with Crippen LogP contribution >= 0.6 is 11.6 Å². The quantitative estimate of drug-likeness (QED) is 0.389. The highest BCUT2D eigenvalue weighted by molar-refractivity contribution is 8.08. The van der Waals surface area contributed by atoms with E-state index >= 15 is 0 Å². The van der Waals surface area contributed by atoms with Gasteiger partial charge in [-0.15, -0.1) is 0 Å². The standard InChI is InChI=1S/C16H15ClN2O4S/c1-2-23-16(20)15(19-18-13-8-6-7-12(17)11-13)24(21,22)14-9-4-3-5-10-14/h3-11,18H,2H2,1H3/b19-15-. The maximum atomic E-state index is 12.6. The summed E-state index contributed by atoms with van der Waals surface area (Å²) in [6.45, 7) is 1.61. The molecule has 6 nitrogen and oxygen atoms in total. The highest BCUT2D eigenvalue weighted by Gasteiger charge is 2.30. The van der Waals surface area contributed by atoms with E-state index in [2.05, 4.69) is 10.5 Å². The molecule has 0 unspecified atom stereocenters. The third-order valence-corrected chi connectivity index (χ3v) is 4.76. The summed E-state index contributed by atoms with van der Waals surface area (Å²) in [7, 11) is -4.12. The van der Waals surface area contributed by atoms with Crippen LogP contribution in [0.3, 0.4) is 0 Å². The lowest BCUT2D eigenvalue weighted by Gasteiger charge is -2.08. The molecule has 0 spiro atoms. The van der Waals surface area contributed by atoms with Gasteiger partial charge in [-0.1, -0.05) is 35.9 Å². The molecule has 2 aromatic carbocycles. The van der Waals surface area contributed by atoms with Crippen molar-refractivity contribution in [3.63, 3.8) is 0 Å². The van der Waals surface area contributed by atoms with E-state index in [0.717, 1.165) is 0 Å².